The van der Waals surface area contributed by atoms with Crippen LogP contribution in [0.2, 0.25) is 0 Å². The van der Waals surface area contributed by atoms with E-state index >= 15 is 0 Å². The minimum Gasteiger partial charge on any atom is -0.492 e. The van der Waals surface area contributed by atoms with Crippen LogP contribution in [0, 0.1) is 0 Å². The zero-order valence-electron chi connectivity index (χ0n) is 14.2. The number of nitrogens with zero attached hydrogens (tertiary/aromatic N) is 4. The normalized spacial score (nSPS) is 11.5. The highest BCUT2D eigenvalue weighted by atomic mass is 16.5. The van der Waals surface area contributed by atoms with Gasteiger partial charge in [-0.25, -0.2) is 0 Å². The van der Waals surface area contributed by atoms with E-state index in [0.29, 0.717) is 13.2 Å². The molecule has 2 aromatic heterocycles. The molecule has 3 rings (SSSR count). The number of pyridine rings is 1. The van der Waals surface area contributed by atoms with Gasteiger partial charge in [0, 0.05) is 26.2 Å². The lowest BCUT2D eigenvalue weighted by Gasteiger charge is -2.12. The third-order valence-electron chi connectivity index (χ3n) is 3.66. The van der Waals surface area contributed by atoms with Gasteiger partial charge in [-0.1, -0.05) is 24.3 Å². The molecule has 0 saturated heterocycles. The monoisotopic (exact) mass is 338 g/mol. The lowest BCUT2D eigenvalue weighted by Crippen LogP contribution is -2.40. The molecule has 0 spiro atoms. The van der Waals surface area contributed by atoms with Gasteiger partial charge in [0.1, 0.15) is 18.2 Å². The van der Waals surface area contributed by atoms with E-state index in [2.05, 4.69) is 25.8 Å². The van der Waals surface area contributed by atoms with Gasteiger partial charge in [-0.3, -0.25) is 9.39 Å². The van der Waals surface area contributed by atoms with Gasteiger partial charge in [0.25, 0.3) is 0 Å². The van der Waals surface area contributed by atoms with E-state index in [0.717, 1.165) is 36.1 Å². The molecule has 7 heteroatoms. The Labute approximate surface area is 146 Å². The van der Waals surface area contributed by atoms with Crippen LogP contribution in [-0.4, -0.2) is 47.3 Å². The molecule has 7 nitrogen and oxygen atoms in total. The summed E-state index contributed by atoms with van der Waals surface area (Å²) in [6, 6.07) is 15.6. The van der Waals surface area contributed by atoms with Crippen LogP contribution in [0.4, 0.5) is 0 Å². The zero-order valence-corrected chi connectivity index (χ0v) is 14.2. The molecule has 0 saturated carbocycles. The Balaban J connectivity index is 1.39. The second-order valence-corrected chi connectivity index (χ2v) is 5.38. The minimum absolute atomic E-state index is 0.569. The fourth-order valence-corrected chi connectivity index (χ4v) is 2.43. The molecule has 0 amide bonds. The summed E-state index contributed by atoms with van der Waals surface area (Å²) in [7, 11) is 1.75. The quantitative estimate of drug-likeness (QED) is 0.388. The van der Waals surface area contributed by atoms with Crippen LogP contribution >= 0.6 is 0 Å². The van der Waals surface area contributed by atoms with Crippen LogP contribution in [0.1, 0.15) is 5.82 Å². The number of para-hydroxylation sites is 1. The molecule has 0 atom stereocenters. The minimum atomic E-state index is 0.569. The number of hydrogen-bond acceptors (Lipinski definition) is 4. The Bertz CT molecular complexity index is 815. The first-order chi connectivity index (χ1) is 12.4. The van der Waals surface area contributed by atoms with Crippen molar-refractivity contribution in [3.05, 3.63) is 60.6 Å². The summed E-state index contributed by atoms with van der Waals surface area (Å²) < 4.78 is 7.64. The van der Waals surface area contributed by atoms with Gasteiger partial charge in [-0.05, 0) is 24.3 Å². The predicted octanol–water partition coefficient (Wildman–Crippen LogP) is 1.52. The summed E-state index contributed by atoms with van der Waals surface area (Å²) >= 11 is 0. The lowest BCUT2D eigenvalue weighted by atomic mass is 10.3. The second kappa shape index (κ2) is 8.68. The standard InChI is InChI=1S/C18H22N6O/c1-19-18(21-12-14-25-15-7-3-2-4-8-15)20-11-10-17-23-22-16-9-5-6-13-24(16)17/h2-9,13H,10-12,14H2,1H3,(H2,19,20,21). The smallest absolute Gasteiger partial charge is 0.191 e. The van der Waals surface area contributed by atoms with Gasteiger partial charge < -0.3 is 15.4 Å². The fourth-order valence-electron chi connectivity index (χ4n) is 2.43. The molecule has 2 N–H and O–H groups in total. The second-order valence-electron chi connectivity index (χ2n) is 5.38. The third kappa shape index (κ3) is 4.69. The van der Waals surface area contributed by atoms with Crippen LogP contribution < -0.4 is 15.4 Å². The summed E-state index contributed by atoms with van der Waals surface area (Å²) in [5.41, 5.74) is 0.859. The summed E-state index contributed by atoms with van der Waals surface area (Å²) in [4.78, 5) is 4.21. The zero-order chi connectivity index (χ0) is 17.3. The molecule has 0 radical (unpaired) electrons. The molecule has 0 unspecified atom stereocenters. The number of ether oxygens (including phenoxy) is 1. The lowest BCUT2D eigenvalue weighted by molar-refractivity contribution is 0.322. The van der Waals surface area contributed by atoms with Crippen LogP contribution in [0.3, 0.4) is 0 Å². The van der Waals surface area contributed by atoms with Gasteiger partial charge in [-0.15, -0.1) is 10.2 Å². The Morgan fingerprint density at radius 2 is 1.84 bits per heavy atom. The topological polar surface area (TPSA) is 75.8 Å². The summed E-state index contributed by atoms with van der Waals surface area (Å²) in [5, 5.41) is 14.9. The number of fused-ring (bicyclic) bond motifs is 1. The van der Waals surface area contributed by atoms with E-state index in [4.69, 9.17) is 4.74 Å². The van der Waals surface area contributed by atoms with Crippen molar-refractivity contribution in [1.29, 1.82) is 0 Å². The van der Waals surface area contributed by atoms with Crippen molar-refractivity contribution >= 4 is 11.6 Å². The number of aliphatic imine (C=N–C) groups is 1. The Hall–Kier alpha value is -3.09. The van der Waals surface area contributed by atoms with Crippen molar-refractivity contribution in [1.82, 2.24) is 25.2 Å². The number of aromatic nitrogens is 3. The first-order valence-electron chi connectivity index (χ1n) is 8.28. The molecular formula is C18H22N6O. The Morgan fingerprint density at radius 3 is 2.68 bits per heavy atom. The van der Waals surface area contributed by atoms with Crippen molar-refractivity contribution in [2.24, 2.45) is 4.99 Å². The van der Waals surface area contributed by atoms with E-state index in [-0.39, 0.29) is 0 Å². The molecule has 3 aromatic rings. The molecule has 2 heterocycles. The highest BCUT2D eigenvalue weighted by Gasteiger charge is 2.04. The summed E-state index contributed by atoms with van der Waals surface area (Å²) in [5.74, 6) is 2.53. The number of benzene rings is 1. The van der Waals surface area contributed by atoms with E-state index < -0.39 is 0 Å². The molecule has 0 aliphatic rings. The van der Waals surface area contributed by atoms with E-state index in [1.807, 2.05) is 59.1 Å². The molecule has 25 heavy (non-hydrogen) atoms. The van der Waals surface area contributed by atoms with Crippen molar-refractivity contribution in [3.8, 4) is 5.75 Å². The maximum Gasteiger partial charge on any atom is 0.191 e. The Kier molecular flexibility index (Phi) is 5.82. The van der Waals surface area contributed by atoms with Crippen LogP contribution in [-0.2, 0) is 6.42 Å². The molecule has 0 aliphatic heterocycles. The summed E-state index contributed by atoms with van der Waals surface area (Å²) in [6.45, 7) is 1.96. The molecule has 1 aromatic carbocycles. The van der Waals surface area contributed by atoms with E-state index in [1.54, 1.807) is 7.05 Å². The van der Waals surface area contributed by atoms with Crippen molar-refractivity contribution in [2.45, 2.75) is 6.42 Å². The fraction of sp³-hybridized carbons (Fsp3) is 0.278. The van der Waals surface area contributed by atoms with E-state index in [1.165, 1.54) is 0 Å². The number of guanidine groups is 1. The largest absolute Gasteiger partial charge is 0.492 e. The predicted molar refractivity (Wildman–Crippen MR) is 98.0 cm³/mol. The van der Waals surface area contributed by atoms with Gasteiger partial charge in [0.05, 0.1) is 6.54 Å². The first kappa shape index (κ1) is 16.8. The van der Waals surface area contributed by atoms with Gasteiger partial charge in [0.2, 0.25) is 0 Å². The van der Waals surface area contributed by atoms with Crippen LogP contribution in [0.5, 0.6) is 5.75 Å². The van der Waals surface area contributed by atoms with Crippen molar-refractivity contribution in [2.75, 3.05) is 26.7 Å². The molecular weight excluding hydrogens is 316 g/mol. The molecule has 0 fully saturated rings. The van der Waals surface area contributed by atoms with Crippen LogP contribution in [0.15, 0.2) is 59.7 Å². The Morgan fingerprint density at radius 1 is 1.04 bits per heavy atom. The van der Waals surface area contributed by atoms with E-state index in [9.17, 15) is 0 Å². The maximum atomic E-state index is 5.65. The average molecular weight is 338 g/mol. The van der Waals surface area contributed by atoms with Crippen LogP contribution in [0.25, 0.3) is 5.65 Å². The van der Waals surface area contributed by atoms with Gasteiger partial charge in [0.15, 0.2) is 11.6 Å². The SMILES string of the molecule is CN=C(NCCOc1ccccc1)NCCc1nnc2ccccn12. The van der Waals surface area contributed by atoms with Crippen molar-refractivity contribution < 1.29 is 4.74 Å². The highest BCUT2D eigenvalue weighted by molar-refractivity contribution is 5.79. The first-order valence-corrected chi connectivity index (χ1v) is 8.28. The molecule has 0 aliphatic carbocycles. The number of hydrogen-bond donors (Lipinski definition) is 2. The van der Waals surface area contributed by atoms with Gasteiger partial charge in [-0.2, -0.15) is 0 Å². The maximum absolute atomic E-state index is 5.65. The third-order valence-corrected chi connectivity index (χ3v) is 3.66. The van der Waals surface area contributed by atoms with Crippen molar-refractivity contribution in [3.63, 3.8) is 0 Å². The highest BCUT2D eigenvalue weighted by Crippen LogP contribution is 2.07. The van der Waals surface area contributed by atoms with Gasteiger partial charge >= 0.3 is 0 Å². The summed E-state index contributed by atoms with van der Waals surface area (Å²) in [6.07, 6.45) is 2.73. The molecule has 130 valence electrons. The number of rotatable bonds is 7. The molecule has 0 bridgehead atoms. The number of nitrogens with one attached hydrogen (secondary N) is 2. The average Bonchev–Trinajstić information content (AvgIpc) is 3.08.